The molecule has 0 spiro atoms. The van der Waals surface area contributed by atoms with Crippen LogP contribution in [0.5, 0.6) is 0 Å². The zero-order valence-electron chi connectivity index (χ0n) is 8.79. The number of hydroxylamine groups is 1. The van der Waals surface area contributed by atoms with Crippen molar-refractivity contribution in [3.05, 3.63) is 0 Å². The maximum absolute atomic E-state index is 8.83. The molecule has 1 saturated heterocycles. The second-order valence-corrected chi connectivity index (χ2v) is 4.12. The molecule has 0 aromatic rings. The van der Waals surface area contributed by atoms with Gasteiger partial charge in [0.05, 0.1) is 0 Å². The van der Waals surface area contributed by atoms with E-state index in [1.165, 1.54) is 32.4 Å². The SMILES string of the molecule is CCCN1CCCC(C(C)NO)C1. The Morgan fingerprint density at radius 3 is 3.00 bits per heavy atom. The summed E-state index contributed by atoms with van der Waals surface area (Å²) in [6.07, 6.45) is 3.75. The van der Waals surface area contributed by atoms with E-state index in [2.05, 4.69) is 24.2 Å². The number of rotatable bonds is 4. The van der Waals surface area contributed by atoms with Gasteiger partial charge in [-0.25, -0.2) is 5.48 Å². The molecule has 0 saturated carbocycles. The maximum Gasteiger partial charge on any atom is 0.0331 e. The van der Waals surface area contributed by atoms with E-state index < -0.39 is 0 Å². The summed E-state index contributed by atoms with van der Waals surface area (Å²) in [5.41, 5.74) is 2.37. The molecule has 3 heteroatoms. The fourth-order valence-corrected chi connectivity index (χ4v) is 2.12. The Labute approximate surface area is 81.1 Å². The van der Waals surface area contributed by atoms with E-state index in [0.29, 0.717) is 5.92 Å². The van der Waals surface area contributed by atoms with Gasteiger partial charge in [0.25, 0.3) is 0 Å². The molecular formula is C10H22N2O. The Hall–Kier alpha value is -0.120. The van der Waals surface area contributed by atoms with E-state index in [1.54, 1.807) is 0 Å². The summed E-state index contributed by atoms with van der Waals surface area (Å²) in [6.45, 7) is 7.86. The van der Waals surface area contributed by atoms with Gasteiger partial charge < -0.3 is 10.1 Å². The quantitative estimate of drug-likeness (QED) is 0.653. The lowest BCUT2D eigenvalue weighted by Crippen LogP contribution is -2.43. The van der Waals surface area contributed by atoms with Gasteiger partial charge in [0.2, 0.25) is 0 Å². The summed E-state index contributed by atoms with van der Waals surface area (Å²) in [4.78, 5) is 2.50. The third-order valence-electron chi connectivity index (χ3n) is 2.99. The molecule has 3 nitrogen and oxygen atoms in total. The van der Waals surface area contributed by atoms with Crippen LogP contribution >= 0.6 is 0 Å². The van der Waals surface area contributed by atoms with Crippen LogP contribution in [0.3, 0.4) is 0 Å². The van der Waals surface area contributed by atoms with Crippen molar-refractivity contribution in [3.8, 4) is 0 Å². The summed E-state index contributed by atoms with van der Waals surface area (Å²) < 4.78 is 0. The van der Waals surface area contributed by atoms with Crippen LogP contribution in [-0.4, -0.2) is 35.8 Å². The summed E-state index contributed by atoms with van der Waals surface area (Å²) in [5.74, 6) is 0.616. The van der Waals surface area contributed by atoms with Crippen molar-refractivity contribution in [1.82, 2.24) is 10.4 Å². The molecule has 1 rings (SSSR count). The van der Waals surface area contributed by atoms with Crippen LogP contribution in [0.25, 0.3) is 0 Å². The third kappa shape index (κ3) is 3.25. The van der Waals surface area contributed by atoms with E-state index in [-0.39, 0.29) is 6.04 Å². The van der Waals surface area contributed by atoms with Gasteiger partial charge >= 0.3 is 0 Å². The normalized spacial score (nSPS) is 27.5. The fraction of sp³-hybridized carbons (Fsp3) is 1.00. The van der Waals surface area contributed by atoms with Gasteiger partial charge in [-0.3, -0.25) is 0 Å². The highest BCUT2D eigenvalue weighted by Crippen LogP contribution is 2.19. The predicted octanol–water partition coefficient (Wildman–Crippen LogP) is 1.48. The first kappa shape index (κ1) is 11.0. The minimum absolute atomic E-state index is 0.236. The van der Waals surface area contributed by atoms with Crippen LogP contribution in [0.2, 0.25) is 0 Å². The van der Waals surface area contributed by atoms with Crippen LogP contribution in [0.15, 0.2) is 0 Å². The van der Waals surface area contributed by atoms with E-state index >= 15 is 0 Å². The minimum atomic E-state index is 0.236. The van der Waals surface area contributed by atoms with Gasteiger partial charge in [0.1, 0.15) is 0 Å². The fourth-order valence-electron chi connectivity index (χ4n) is 2.12. The lowest BCUT2D eigenvalue weighted by Gasteiger charge is -2.35. The van der Waals surface area contributed by atoms with Crippen LogP contribution in [0.1, 0.15) is 33.1 Å². The van der Waals surface area contributed by atoms with Crippen molar-refractivity contribution in [2.24, 2.45) is 5.92 Å². The van der Waals surface area contributed by atoms with Crippen molar-refractivity contribution in [2.75, 3.05) is 19.6 Å². The van der Waals surface area contributed by atoms with Crippen LogP contribution in [0.4, 0.5) is 0 Å². The number of nitrogens with one attached hydrogen (secondary N) is 1. The highest BCUT2D eigenvalue weighted by Gasteiger charge is 2.23. The second kappa shape index (κ2) is 5.58. The van der Waals surface area contributed by atoms with E-state index in [1.807, 2.05) is 0 Å². The van der Waals surface area contributed by atoms with Crippen molar-refractivity contribution < 1.29 is 5.21 Å². The summed E-state index contributed by atoms with van der Waals surface area (Å²) >= 11 is 0. The van der Waals surface area contributed by atoms with Crippen molar-refractivity contribution in [2.45, 2.75) is 39.2 Å². The Kier molecular flexibility index (Phi) is 4.70. The van der Waals surface area contributed by atoms with Gasteiger partial charge in [-0.05, 0) is 45.2 Å². The summed E-state index contributed by atoms with van der Waals surface area (Å²) in [5, 5.41) is 8.83. The van der Waals surface area contributed by atoms with Gasteiger partial charge in [-0.1, -0.05) is 6.92 Å². The summed E-state index contributed by atoms with van der Waals surface area (Å²) in [6, 6.07) is 0.236. The molecule has 0 bridgehead atoms. The molecule has 0 aromatic carbocycles. The average Bonchev–Trinajstić information content (AvgIpc) is 2.18. The first-order chi connectivity index (χ1) is 6.27. The summed E-state index contributed by atoms with van der Waals surface area (Å²) in [7, 11) is 0. The highest BCUT2D eigenvalue weighted by atomic mass is 16.5. The molecule has 2 N–H and O–H groups in total. The molecule has 0 aliphatic carbocycles. The number of piperidine rings is 1. The zero-order chi connectivity index (χ0) is 9.68. The van der Waals surface area contributed by atoms with Crippen molar-refractivity contribution in [1.29, 1.82) is 0 Å². The number of hydrogen-bond acceptors (Lipinski definition) is 3. The molecule has 78 valence electrons. The van der Waals surface area contributed by atoms with Gasteiger partial charge in [0, 0.05) is 12.6 Å². The zero-order valence-corrected chi connectivity index (χ0v) is 8.79. The number of hydrogen-bond donors (Lipinski definition) is 2. The minimum Gasteiger partial charge on any atom is -0.317 e. The largest absolute Gasteiger partial charge is 0.317 e. The van der Waals surface area contributed by atoms with Crippen LogP contribution in [-0.2, 0) is 0 Å². The van der Waals surface area contributed by atoms with E-state index in [4.69, 9.17) is 5.21 Å². The molecule has 0 amide bonds. The lowest BCUT2D eigenvalue weighted by molar-refractivity contribution is 0.0696. The first-order valence-corrected chi connectivity index (χ1v) is 5.40. The molecule has 1 heterocycles. The van der Waals surface area contributed by atoms with E-state index in [0.717, 1.165) is 6.54 Å². The Morgan fingerprint density at radius 2 is 2.38 bits per heavy atom. The number of likely N-dealkylation sites (tertiary alicyclic amines) is 1. The van der Waals surface area contributed by atoms with Gasteiger partial charge in [-0.2, -0.15) is 0 Å². The monoisotopic (exact) mass is 186 g/mol. The lowest BCUT2D eigenvalue weighted by atomic mass is 9.92. The molecule has 13 heavy (non-hydrogen) atoms. The van der Waals surface area contributed by atoms with E-state index in [9.17, 15) is 0 Å². The highest BCUT2D eigenvalue weighted by molar-refractivity contribution is 4.78. The molecule has 0 aromatic heterocycles. The van der Waals surface area contributed by atoms with Crippen LogP contribution < -0.4 is 5.48 Å². The molecule has 1 aliphatic rings. The molecule has 1 fully saturated rings. The standard InChI is InChI=1S/C10H22N2O/c1-3-6-12-7-4-5-10(8-12)9(2)11-13/h9-11,13H,3-8H2,1-2H3. The molecule has 0 radical (unpaired) electrons. The van der Waals surface area contributed by atoms with Gasteiger partial charge in [0.15, 0.2) is 0 Å². The third-order valence-corrected chi connectivity index (χ3v) is 2.99. The molecule has 2 atom stereocenters. The van der Waals surface area contributed by atoms with Crippen molar-refractivity contribution >= 4 is 0 Å². The Balaban J connectivity index is 2.32. The smallest absolute Gasteiger partial charge is 0.0331 e. The van der Waals surface area contributed by atoms with Crippen molar-refractivity contribution in [3.63, 3.8) is 0 Å². The molecular weight excluding hydrogens is 164 g/mol. The average molecular weight is 186 g/mol. The first-order valence-electron chi connectivity index (χ1n) is 5.40. The Morgan fingerprint density at radius 1 is 1.62 bits per heavy atom. The number of nitrogens with zero attached hydrogens (tertiary/aromatic N) is 1. The predicted molar refractivity (Wildman–Crippen MR) is 53.8 cm³/mol. The molecule has 1 aliphatic heterocycles. The second-order valence-electron chi connectivity index (χ2n) is 4.12. The molecule has 2 unspecified atom stereocenters. The van der Waals surface area contributed by atoms with Gasteiger partial charge in [-0.15, -0.1) is 0 Å². The topological polar surface area (TPSA) is 35.5 Å². The maximum atomic E-state index is 8.83. The van der Waals surface area contributed by atoms with Crippen LogP contribution in [0, 0.1) is 5.92 Å². The Bertz CT molecular complexity index is 139.